The molecular weight excluding hydrogens is 248 g/mol. The standard InChI is InChI=1S/C12H24N4OS/c1-5-7-16(8-6-2)11-14-10(17-15-11)9(13)12(3,4)18/h9,18H,5-8,13H2,1-4H3/t9-/m1/s1. The van der Waals surface area contributed by atoms with E-state index in [9.17, 15) is 0 Å². The highest BCUT2D eigenvalue weighted by Crippen LogP contribution is 2.28. The number of aromatic nitrogens is 2. The molecule has 0 amide bonds. The van der Waals surface area contributed by atoms with Crippen molar-refractivity contribution in [2.75, 3.05) is 18.0 Å². The molecule has 5 nitrogen and oxygen atoms in total. The van der Waals surface area contributed by atoms with Gasteiger partial charge in [0.2, 0.25) is 5.89 Å². The van der Waals surface area contributed by atoms with E-state index in [2.05, 4.69) is 41.5 Å². The van der Waals surface area contributed by atoms with Gasteiger partial charge in [-0.15, -0.1) is 0 Å². The summed E-state index contributed by atoms with van der Waals surface area (Å²) in [4.78, 5) is 6.50. The summed E-state index contributed by atoms with van der Waals surface area (Å²) in [7, 11) is 0. The highest BCUT2D eigenvalue weighted by atomic mass is 32.1. The van der Waals surface area contributed by atoms with Crippen molar-refractivity contribution in [3.8, 4) is 0 Å². The second-order valence-corrected chi connectivity index (χ2v) is 6.20. The normalized spacial score (nSPS) is 13.7. The van der Waals surface area contributed by atoms with E-state index in [4.69, 9.17) is 10.3 Å². The van der Waals surface area contributed by atoms with Crippen LogP contribution in [0.2, 0.25) is 0 Å². The predicted octanol–water partition coefficient (Wildman–Crippen LogP) is 2.40. The summed E-state index contributed by atoms with van der Waals surface area (Å²) in [5, 5.41) is 4.01. The molecule has 0 radical (unpaired) electrons. The van der Waals surface area contributed by atoms with Gasteiger partial charge in [-0.1, -0.05) is 13.8 Å². The number of rotatable bonds is 7. The first-order valence-corrected chi connectivity index (χ1v) is 6.91. The van der Waals surface area contributed by atoms with Crippen LogP contribution < -0.4 is 10.6 Å². The Morgan fingerprint density at radius 1 is 1.33 bits per heavy atom. The molecule has 0 aliphatic rings. The fraction of sp³-hybridized carbons (Fsp3) is 0.833. The van der Waals surface area contributed by atoms with Gasteiger partial charge in [-0.2, -0.15) is 17.6 Å². The lowest BCUT2D eigenvalue weighted by atomic mass is 10.0. The Hall–Kier alpha value is -0.750. The van der Waals surface area contributed by atoms with Gasteiger partial charge in [-0.25, -0.2) is 0 Å². The number of nitrogens with zero attached hydrogens (tertiary/aromatic N) is 3. The number of anilines is 1. The van der Waals surface area contributed by atoms with Gasteiger partial charge >= 0.3 is 0 Å². The molecule has 104 valence electrons. The third kappa shape index (κ3) is 3.88. The topological polar surface area (TPSA) is 68.2 Å². The van der Waals surface area contributed by atoms with Gasteiger partial charge in [0.05, 0.1) is 6.04 Å². The van der Waals surface area contributed by atoms with Crippen molar-refractivity contribution in [2.45, 2.75) is 51.3 Å². The molecule has 6 heteroatoms. The van der Waals surface area contributed by atoms with Crippen molar-refractivity contribution in [1.82, 2.24) is 10.1 Å². The Kier molecular flexibility index (Phi) is 5.47. The minimum absolute atomic E-state index is 0.368. The number of hydrogen-bond donors (Lipinski definition) is 2. The van der Waals surface area contributed by atoms with Crippen LogP contribution in [0.4, 0.5) is 5.95 Å². The molecule has 18 heavy (non-hydrogen) atoms. The number of nitrogens with two attached hydrogens (primary N) is 1. The Bertz CT molecular complexity index is 355. The average Bonchev–Trinajstić information content (AvgIpc) is 2.75. The average molecular weight is 272 g/mol. The van der Waals surface area contributed by atoms with Gasteiger partial charge < -0.3 is 15.2 Å². The maximum atomic E-state index is 6.04. The maximum absolute atomic E-state index is 6.04. The van der Waals surface area contributed by atoms with E-state index in [1.807, 2.05) is 13.8 Å². The van der Waals surface area contributed by atoms with E-state index in [1.165, 1.54) is 0 Å². The monoisotopic (exact) mass is 272 g/mol. The minimum atomic E-state index is -0.385. The molecule has 0 fully saturated rings. The van der Waals surface area contributed by atoms with Crippen molar-refractivity contribution < 1.29 is 4.52 Å². The summed E-state index contributed by atoms with van der Waals surface area (Å²) < 4.78 is 4.87. The summed E-state index contributed by atoms with van der Waals surface area (Å²) >= 11 is 4.44. The molecule has 0 aliphatic heterocycles. The molecule has 1 atom stereocenters. The van der Waals surface area contributed by atoms with Crippen LogP contribution in [0.1, 0.15) is 52.5 Å². The first-order chi connectivity index (χ1) is 8.40. The quantitative estimate of drug-likeness (QED) is 0.746. The van der Waals surface area contributed by atoms with Gasteiger partial charge in [-0.05, 0) is 31.8 Å². The lowest BCUT2D eigenvalue weighted by Crippen LogP contribution is -2.30. The first-order valence-electron chi connectivity index (χ1n) is 6.46. The van der Waals surface area contributed by atoms with Crippen molar-refractivity contribution in [2.24, 2.45) is 5.73 Å². The number of thiol groups is 1. The van der Waals surface area contributed by atoms with E-state index in [0.717, 1.165) is 25.9 Å². The van der Waals surface area contributed by atoms with Crippen LogP contribution >= 0.6 is 12.6 Å². The summed E-state index contributed by atoms with van der Waals surface area (Å²) in [6.07, 6.45) is 2.10. The fourth-order valence-corrected chi connectivity index (χ4v) is 1.75. The molecule has 0 aliphatic carbocycles. The van der Waals surface area contributed by atoms with Crippen LogP contribution in [0.15, 0.2) is 4.52 Å². The first kappa shape index (κ1) is 15.3. The third-order valence-electron chi connectivity index (χ3n) is 2.73. The Morgan fingerprint density at radius 2 is 1.89 bits per heavy atom. The lowest BCUT2D eigenvalue weighted by Gasteiger charge is -2.22. The molecule has 1 heterocycles. The van der Waals surface area contributed by atoms with Gasteiger partial charge in [0.15, 0.2) is 0 Å². The zero-order chi connectivity index (χ0) is 13.8. The van der Waals surface area contributed by atoms with E-state index in [1.54, 1.807) is 0 Å². The zero-order valence-corrected chi connectivity index (χ0v) is 12.6. The van der Waals surface area contributed by atoms with Crippen LogP contribution in [-0.2, 0) is 0 Å². The summed E-state index contributed by atoms with van der Waals surface area (Å²) in [6, 6.07) is -0.368. The molecule has 0 spiro atoms. The minimum Gasteiger partial charge on any atom is -0.338 e. The van der Waals surface area contributed by atoms with E-state index in [-0.39, 0.29) is 10.8 Å². The van der Waals surface area contributed by atoms with Gasteiger partial charge in [0, 0.05) is 17.8 Å². The Morgan fingerprint density at radius 3 is 2.33 bits per heavy atom. The largest absolute Gasteiger partial charge is 0.338 e. The Labute approximate surface area is 115 Å². The molecular formula is C12H24N4OS. The molecule has 1 aromatic heterocycles. The van der Waals surface area contributed by atoms with Crippen LogP contribution in [-0.4, -0.2) is 28.0 Å². The molecule has 0 saturated heterocycles. The van der Waals surface area contributed by atoms with Crippen molar-refractivity contribution in [3.63, 3.8) is 0 Å². The Balaban J connectivity index is 2.83. The highest BCUT2D eigenvalue weighted by Gasteiger charge is 2.29. The van der Waals surface area contributed by atoms with Crippen molar-refractivity contribution >= 4 is 18.6 Å². The van der Waals surface area contributed by atoms with Gasteiger partial charge in [0.1, 0.15) is 0 Å². The van der Waals surface area contributed by atoms with Crippen LogP contribution in [0.3, 0.4) is 0 Å². The molecule has 0 unspecified atom stereocenters. The van der Waals surface area contributed by atoms with E-state index >= 15 is 0 Å². The number of hydrogen-bond acceptors (Lipinski definition) is 6. The molecule has 2 N–H and O–H groups in total. The van der Waals surface area contributed by atoms with Gasteiger partial charge in [-0.3, -0.25) is 0 Å². The third-order valence-corrected chi connectivity index (χ3v) is 3.01. The summed E-state index contributed by atoms with van der Waals surface area (Å²) in [5.74, 6) is 1.07. The van der Waals surface area contributed by atoms with Crippen molar-refractivity contribution in [3.05, 3.63) is 5.89 Å². The van der Waals surface area contributed by atoms with Gasteiger partial charge in [0.25, 0.3) is 5.95 Å². The maximum Gasteiger partial charge on any atom is 0.266 e. The van der Waals surface area contributed by atoms with Crippen LogP contribution in [0.5, 0.6) is 0 Å². The second kappa shape index (κ2) is 6.43. The zero-order valence-electron chi connectivity index (χ0n) is 11.7. The molecule has 1 aromatic rings. The van der Waals surface area contributed by atoms with Crippen molar-refractivity contribution in [1.29, 1.82) is 0 Å². The highest BCUT2D eigenvalue weighted by molar-refractivity contribution is 7.81. The van der Waals surface area contributed by atoms with Crippen LogP contribution in [0.25, 0.3) is 0 Å². The molecule has 0 bridgehead atoms. The van der Waals surface area contributed by atoms with E-state index in [0.29, 0.717) is 11.8 Å². The SMILES string of the molecule is CCCN(CCC)c1noc([C@@H](N)C(C)(C)S)n1. The van der Waals surface area contributed by atoms with Crippen LogP contribution in [0, 0.1) is 0 Å². The molecule has 0 aromatic carbocycles. The predicted molar refractivity (Wildman–Crippen MR) is 77.1 cm³/mol. The fourth-order valence-electron chi connectivity index (χ4n) is 1.64. The smallest absolute Gasteiger partial charge is 0.266 e. The molecule has 0 saturated carbocycles. The molecule has 1 rings (SSSR count). The lowest BCUT2D eigenvalue weighted by molar-refractivity contribution is 0.336. The second-order valence-electron chi connectivity index (χ2n) is 5.05. The summed E-state index contributed by atoms with van der Waals surface area (Å²) in [6.45, 7) is 9.97. The summed E-state index contributed by atoms with van der Waals surface area (Å²) in [5.41, 5.74) is 6.04. The van der Waals surface area contributed by atoms with E-state index < -0.39 is 0 Å².